The summed E-state index contributed by atoms with van der Waals surface area (Å²) in [5.41, 5.74) is 10.4. The lowest BCUT2D eigenvalue weighted by Gasteiger charge is -2.35. The number of hydrogen-bond donors (Lipinski definition) is 0. The normalized spacial score (nSPS) is 33.2. The van der Waals surface area contributed by atoms with E-state index in [1.807, 2.05) is 0 Å². The van der Waals surface area contributed by atoms with E-state index >= 15 is 0 Å². The molecule has 3 nitrogen and oxygen atoms in total. The molecule has 0 spiro atoms. The number of hydrogen-bond acceptors (Lipinski definition) is 3. The fourth-order valence-electron chi connectivity index (χ4n) is 8.34. The van der Waals surface area contributed by atoms with Crippen molar-refractivity contribution in [3.63, 3.8) is 0 Å². The number of fused-ring (bicyclic) bond motifs is 10. The van der Waals surface area contributed by atoms with Gasteiger partial charge in [-0.15, -0.1) is 0 Å². The van der Waals surface area contributed by atoms with Crippen molar-refractivity contribution >= 4 is 0 Å². The average molecular weight is 450 g/mol. The van der Waals surface area contributed by atoms with E-state index in [0.717, 1.165) is 22.8 Å². The second-order valence-corrected chi connectivity index (χ2v) is 13.0. The maximum atomic E-state index is 5.22. The minimum absolute atomic E-state index is 0.242. The molecule has 0 saturated heterocycles. The Bertz CT molecular complexity index is 1270. The summed E-state index contributed by atoms with van der Waals surface area (Å²) in [6, 6.07) is 15.3. The highest BCUT2D eigenvalue weighted by atomic mass is 14.9. The zero-order valence-electron chi connectivity index (χ0n) is 21.4. The lowest BCUT2D eigenvalue weighted by Crippen LogP contribution is -2.31. The standard InChI is InChI=1S/C31H35N3/c1-28(2)18-14-16-30(28,5)20-10-12-24(33-26(18)20)22-8-7-9-23(32-22)25-13-11-21-27(34-25)19-15-17-31(21,6)29(19,3)4/h7-13,18-19H,14-17H2,1-6H3/t18-,19-,30-,31-/m0/s1. The van der Waals surface area contributed by atoms with Crippen LogP contribution < -0.4 is 0 Å². The van der Waals surface area contributed by atoms with Gasteiger partial charge in [-0.25, -0.2) is 4.98 Å². The molecular formula is C31H35N3. The van der Waals surface area contributed by atoms with E-state index in [0.29, 0.717) is 11.8 Å². The van der Waals surface area contributed by atoms with Crippen LogP contribution in [-0.2, 0) is 10.8 Å². The molecule has 2 fully saturated rings. The van der Waals surface area contributed by atoms with Gasteiger partial charge in [-0.3, -0.25) is 9.97 Å². The molecule has 3 heteroatoms. The topological polar surface area (TPSA) is 38.7 Å². The Kier molecular flexibility index (Phi) is 3.77. The molecule has 4 aliphatic carbocycles. The van der Waals surface area contributed by atoms with Crippen molar-refractivity contribution in [2.24, 2.45) is 10.8 Å². The predicted octanol–water partition coefficient (Wildman–Crippen LogP) is 7.56. The van der Waals surface area contributed by atoms with Gasteiger partial charge in [0, 0.05) is 34.1 Å². The second-order valence-electron chi connectivity index (χ2n) is 13.0. The number of aromatic nitrogens is 3. The lowest BCUT2D eigenvalue weighted by molar-refractivity contribution is 0.230. The van der Waals surface area contributed by atoms with E-state index in [1.54, 1.807) is 0 Å². The summed E-state index contributed by atoms with van der Waals surface area (Å²) in [6.07, 6.45) is 5.03. The average Bonchev–Trinajstić information content (AvgIpc) is 3.34. The van der Waals surface area contributed by atoms with Gasteiger partial charge in [0.25, 0.3) is 0 Å². The molecule has 3 aromatic heterocycles. The number of rotatable bonds is 2. The predicted molar refractivity (Wildman–Crippen MR) is 137 cm³/mol. The van der Waals surface area contributed by atoms with Gasteiger partial charge in [0.2, 0.25) is 0 Å². The minimum atomic E-state index is 0.242. The van der Waals surface area contributed by atoms with Crippen LogP contribution in [-0.4, -0.2) is 15.0 Å². The summed E-state index contributed by atoms with van der Waals surface area (Å²) in [5.74, 6) is 1.10. The molecule has 34 heavy (non-hydrogen) atoms. The van der Waals surface area contributed by atoms with Crippen molar-refractivity contribution in [3.05, 3.63) is 65.0 Å². The highest BCUT2D eigenvalue weighted by Gasteiger charge is 2.61. The summed E-state index contributed by atoms with van der Waals surface area (Å²) in [5, 5.41) is 0. The van der Waals surface area contributed by atoms with E-state index in [4.69, 9.17) is 15.0 Å². The molecule has 174 valence electrons. The lowest BCUT2D eigenvalue weighted by atomic mass is 9.69. The first-order valence-corrected chi connectivity index (χ1v) is 13.1. The van der Waals surface area contributed by atoms with Crippen molar-refractivity contribution in [2.75, 3.05) is 0 Å². The van der Waals surface area contributed by atoms with Crippen LogP contribution in [0.1, 0.15) is 102 Å². The summed E-state index contributed by atoms with van der Waals surface area (Å²) < 4.78 is 0. The van der Waals surface area contributed by atoms with E-state index in [9.17, 15) is 0 Å². The molecule has 2 saturated carbocycles. The molecule has 0 aromatic carbocycles. The van der Waals surface area contributed by atoms with Gasteiger partial charge in [0.15, 0.2) is 0 Å². The number of nitrogens with zero attached hydrogens (tertiary/aromatic N) is 3. The molecule has 4 bridgehead atoms. The highest BCUT2D eigenvalue weighted by molar-refractivity contribution is 5.64. The zero-order valence-corrected chi connectivity index (χ0v) is 21.4. The Morgan fingerprint density at radius 1 is 0.559 bits per heavy atom. The van der Waals surface area contributed by atoms with E-state index < -0.39 is 0 Å². The minimum Gasteiger partial charge on any atom is -0.251 e. The van der Waals surface area contributed by atoms with Crippen LogP contribution in [0.2, 0.25) is 0 Å². The van der Waals surface area contributed by atoms with Gasteiger partial charge >= 0.3 is 0 Å². The van der Waals surface area contributed by atoms with Gasteiger partial charge in [-0.1, -0.05) is 59.7 Å². The van der Waals surface area contributed by atoms with Crippen molar-refractivity contribution in [2.45, 2.75) is 89.9 Å². The molecule has 3 aromatic rings. The molecule has 3 heterocycles. The Morgan fingerprint density at radius 3 is 1.41 bits per heavy atom. The van der Waals surface area contributed by atoms with Gasteiger partial charge in [-0.2, -0.15) is 0 Å². The maximum Gasteiger partial charge on any atom is 0.0894 e. The molecule has 4 atom stereocenters. The quantitative estimate of drug-likeness (QED) is 0.405. The van der Waals surface area contributed by atoms with Crippen LogP contribution in [0.5, 0.6) is 0 Å². The Hall–Kier alpha value is -2.55. The Morgan fingerprint density at radius 2 is 0.971 bits per heavy atom. The van der Waals surface area contributed by atoms with E-state index in [-0.39, 0.29) is 21.7 Å². The van der Waals surface area contributed by atoms with Gasteiger partial charge in [0.05, 0.1) is 22.8 Å². The van der Waals surface area contributed by atoms with Crippen LogP contribution in [0.25, 0.3) is 22.8 Å². The first kappa shape index (κ1) is 20.8. The second kappa shape index (κ2) is 6.17. The number of pyridine rings is 3. The van der Waals surface area contributed by atoms with Crippen LogP contribution in [0.15, 0.2) is 42.5 Å². The van der Waals surface area contributed by atoms with Crippen LogP contribution in [0.3, 0.4) is 0 Å². The van der Waals surface area contributed by atoms with Crippen molar-refractivity contribution in [1.29, 1.82) is 0 Å². The molecule has 4 aliphatic rings. The largest absolute Gasteiger partial charge is 0.251 e. The fraction of sp³-hybridized carbons (Fsp3) is 0.516. The summed E-state index contributed by atoms with van der Waals surface area (Å²) in [4.78, 5) is 15.5. The first-order valence-electron chi connectivity index (χ1n) is 13.1. The third kappa shape index (κ3) is 2.23. The van der Waals surface area contributed by atoms with Gasteiger partial charge < -0.3 is 0 Å². The van der Waals surface area contributed by atoms with Crippen molar-refractivity contribution in [1.82, 2.24) is 15.0 Å². The molecule has 0 radical (unpaired) electrons. The van der Waals surface area contributed by atoms with Gasteiger partial charge in [-0.05, 0) is 71.9 Å². The summed E-state index contributed by atoms with van der Waals surface area (Å²) in [6.45, 7) is 14.6. The molecule has 0 amide bonds. The smallest absolute Gasteiger partial charge is 0.0894 e. The van der Waals surface area contributed by atoms with Crippen LogP contribution in [0.4, 0.5) is 0 Å². The molecular weight excluding hydrogens is 414 g/mol. The van der Waals surface area contributed by atoms with Crippen molar-refractivity contribution in [3.8, 4) is 22.8 Å². The van der Waals surface area contributed by atoms with Crippen LogP contribution >= 0.6 is 0 Å². The maximum absolute atomic E-state index is 5.22. The third-order valence-corrected chi connectivity index (χ3v) is 11.4. The van der Waals surface area contributed by atoms with E-state index in [2.05, 4.69) is 84.0 Å². The van der Waals surface area contributed by atoms with E-state index in [1.165, 1.54) is 48.2 Å². The fourth-order valence-corrected chi connectivity index (χ4v) is 8.34. The highest BCUT2D eigenvalue weighted by Crippen LogP contribution is 2.68. The SMILES string of the molecule is CC1(C)[C@H]2CC[C@@]1(C)c1ccc(-c3cccc(-c4ccc5c(n4)[C@@H]4CC[C@]5(C)C4(C)C)n3)nc12. The molecule has 7 rings (SSSR count). The monoisotopic (exact) mass is 449 g/mol. The summed E-state index contributed by atoms with van der Waals surface area (Å²) in [7, 11) is 0. The Balaban J connectivity index is 1.28. The van der Waals surface area contributed by atoms with Crippen LogP contribution in [0, 0.1) is 10.8 Å². The summed E-state index contributed by atoms with van der Waals surface area (Å²) >= 11 is 0. The Labute approximate surface area is 203 Å². The molecule has 0 N–H and O–H groups in total. The molecule has 0 unspecified atom stereocenters. The van der Waals surface area contributed by atoms with Crippen molar-refractivity contribution < 1.29 is 0 Å². The third-order valence-electron chi connectivity index (χ3n) is 11.4. The first-order chi connectivity index (χ1) is 16.1. The zero-order chi connectivity index (χ0) is 23.7. The van der Waals surface area contributed by atoms with Gasteiger partial charge in [0.1, 0.15) is 0 Å². The molecule has 0 aliphatic heterocycles.